The molecular weight excluding hydrogens is 260 g/mol. The predicted octanol–water partition coefficient (Wildman–Crippen LogP) is 4.14. The summed E-state index contributed by atoms with van der Waals surface area (Å²) in [6.07, 6.45) is 5.41. The highest BCUT2D eigenvalue weighted by molar-refractivity contribution is 6.33. The molecule has 0 atom stereocenters. The minimum absolute atomic E-state index is 0.0936. The highest BCUT2D eigenvalue weighted by Gasteiger charge is 2.34. The minimum Gasteiger partial charge on any atom is -0.398 e. The molecule has 1 aliphatic rings. The monoisotopic (exact) mass is 280 g/mol. The van der Waals surface area contributed by atoms with Crippen molar-refractivity contribution in [3.8, 4) is 0 Å². The van der Waals surface area contributed by atoms with Crippen LogP contribution in [0.5, 0.6) is 0 Å². The fourth-order valence-electron chi connectivity index (χ4n) is 2.67. The van der Waals surface area contributed by atoms with E-state index in [1.165, 1.54) is 6.42 Å². The molecule has 0 aromatic heterocycles. The number of amides is 1. The molecule has 1 aromatic rings. The Kier molecular flexibility index (Phi) is 4.04. The molecule has 0 unspecified atom stereocenters. The molecule has 1 amide bonds. The number of nitrogens with one attached hydrogen (secondary N) is 1. The maximum absolute atomic E-state index is 12.5. The van der Waals surface area contributed by atoms with Crippen LogP contribution in [-0.2, 0) is 4.79 Å². The Balaban J connectivity index is 2.16. The van der Waals surface area contributed by atoms with E-state index in [-0.39, 0.29) is 11.3 Å². The van der Waals surface area contributed by atoms with E-state index in [1.54, 1.807) is 12.1 Å². The SMILES string of the molecule is Cc1cc(N)c(Cl)cc1NC(=O)C1(C)CCCCC1. The molecule has 0 aliphatic heterocycles. The third kappa shape index (κ3) is 3.03. The van der Waals surface area contributed by atoms with Crippen molar-refractivity contribution in [2.24, 2.45) is 5.41 Å². The molecule has 2 rings (SSSR count). The van der Waals surface area contributed by atoms with E-state index in [4.69, 9.17) is 17.3 Å². The Morgan fingerprint density at radius 2 is 1.95 bits per heavy atom. The molecule has 3 N–H and O–H groups in total. The lowest BCUT2D eigenvalue weighted by Crippen LogP contribution is -2.35. The van der Waals surface area contributed by atoms with Crippen LogP contribution in [0.15, 0.2) is 12.1 Å². The zero-order valence-electron chi connectivity index (χ0n) is 11.6. The van der Waals surface area contributed by atoms with E-state index in [9.17, 15) is 4.79 Å². The molecule has 0 saturated heterocycles. The Morgan fingerprint density at radius 1 is 1.32 bits per heavy atom. The first-order valence-electron chi connectivity index (χ1n) is 6.79. The number of halogens is 1. The average molecular weight is 281 g/mol. The van der Waals surface area contributed by atoms with Crippen molar-refractivity contribution < 1.29 is 4.79 Å². The number of hydrogen-bond donors (Lipinski definition) is 2. The molecule has 0 bridgehead atoms. The maximum atomic E-state index is 12.5. The molecule has 1 aromatic carbocycles. The van der Waals surface area contributed by atoms with Gasteiger partial charge in [-0.3, -0.25) is 4.79 Å². The summed E-state index contributed by atoms with van der Waals surface area (Å²) in [6.45, 7) is 3.97. The second-order valence-electron chi connectivity index (χ2n) is 5.76. The molecule has 104 valence electrons. The largest absolute Gasteiger partial charge is 0.398 e. The van der Waals surface area contributed by atoms with Crippen LogP contribution >= 0.6 is 11.6 Å². The summed E-state index contributed by atoms with van der Waals surface area (Å²) in [5.41, 5.74) is 7.74. The molecule has 3 nitrogen and oxygen atoms in total. The number of carbonyl (C=O) groups excluding carboxylic acids is 1. The second-order valence-corrected chi connectivity index (χ2v) is 6.17. The Bertz CT molecular complexity index is 493. The lowest BCUT2D eigenvalue weighted by Gasteiger charge is -2.32. The first-order valence-corrected chi connectivity index (χ1v) is 7.17. The Hall–Kier alpha value is -1.22. The van der Waals surface area contributed by atoms with Gasteiger partial charge < -0.3 is 11.1 Å². The third-order valence-corrected chi connectivity index (χ3v) is 4.42. The van der Waals surface area contributed by atoms with E-state index in [0.717, 1.165) is 36.9 Å². The van der Waals surface area contributed by atoms with Gasteiger partial charge in [-0.1, -0.05) is 37.8 Å². The van der Waals surface area contributed by atoms with Gasteiger partial charge in [0.25, 0.3) is 0 Å². The van der Waals surface area contributed by atoms with Crippen molar-refractivity contribution in [3.05, 3.63) is 22.7 Å². The van der Waals surface area contributed by atoms with Crippen LogP contribution in [-0.4, -0.2) is 5.91 Å². The van der Waals surface area contributed by atoms with Gasteiger partial charge in [0.1, 0.15) is 0 Å². The van der Waals surface area contributed by atoms with E-state index in [1.807, 2.05) is 6.92 Å². The van der Waals surface area contributed by atoms with Crippen LogP contribution in [0, 0.1) is 12.3 Å². The number of anilines is 2. The molecule has 1 aliphatic carbocycles. The number of benzene rings is 1. The van der Waals surface area contributed by atoms with Crippen molar-refractivity contribution >= 4 is 28.9 Å². The maximum Gasteiger partial charge on any atom is 0.230 e. The molecule has 0 spiro atoms. The highest BCUT2D eigenvalue weighted by Crippen LogP contribution is 2.37. The van der Waals surface area contributed by atoms with Crippen molar-refractivity contribution in [1.82, 2.24) is 0 Å². The summed E-state index contributed by atoms with van der Waals surface area (Å²) in [7, 11) is 0. The third-order valence-electron chi connectivity index (χ3n) is 4.10. The van der Waals surface area contributed by atoms with Gasteiger partial charge in [0.05, 0.1) is 10.7 Å². The Labute approximate surface area is 119 Å². The quantitative estimate of drug-likeness (QED) is 0.800. The van der Waals surface area contributed by atoms with Crippen LogP contribution < -0.4 is 11.1 Å². The standard InChI is InChI=1S/C15H21ClN2O/c1-10-8-12(17)11(16)9-13(10)18-14(19)15(2)6-4-3-5-7-15/h8-9H,3-7,17H2,1-2H3,(H,18,19). The normalized spacial score (nSPS) is 18.1. The average Bonchev–Trinajstić information content (AvgIpc) is 2.36. The molecule has 4 heteroatoms. The zero-order chi connectivity index (χ0) is 14.0. The van der Waals surface area contributed by atoms with E-state index < -0.39 is 0 Å². The van der Waals surface area contributed by atoms with Gasteiger partial charge in [-0.2, -0.15) is 0 Å². The first kappa shape index (κ1) is 14.2. The number of carbonyl (C=O) groups is 1. The fourth-order valence-corrected chi connectivity index (χ4v) is 2.83. The van der Waals surface area contributed by atoms with E-state index in [2.05, 4.69) is 12.2 Å². The number of rotatable bonds is 2. The summed E-state index contributed by atoms with van der Waals surface area (Å²) < 4.78 is 0. The molecule has 1 fully saturated rings. The van der Waals surface area contributed by atoms with Crippen molar-refractivity contribution in [3.63, 3.8) is 0 Å². The minimum atomic E-state index is -0.251. The first-order chi connectivity index (χ1) is 8.92. The summed E-state index contributed by atoms with van der Waals surface area (Å²) >= 11 is 6.01. The number of hydrogen-bond acceptors (Lipinski definition) is 2. The van der Waals surface area contributed by atoms with Crippen LogP contribution in [0.4, 0.5) is 11.4 Å². The van der Waals surface area contributed by atoms with Gasteiger partial charge in [-0.05, 0) is 37.5 Å². The van der Waals surface area contributed by atoms with Gasteiger partial charge >= 0.3 is 0 Å². The highest BCUT2D eigenvalue weighted by atomic mass is 35.5. The smallest absolute Gasteiger partial charge is 0.230 e. The fraction of sp³-hybridized carbons (Fsp3) is 0.533. The number of aryl methyl sites for hydroxylation is 1. The van der Waals surface area contributed by atoms with Gasteiger partial charge in [0.2, 0.25) is 5.91 Å². The van der Waals surface area contributed by atoms with E-state index in [0.29, 0.717) is 10.7 Å². The van der Waals surface area contributed by atoms with Crippen molar-refractivity contribution in [1.29, 1.82) is 0 Å². The summed E-state index contributed by atoms with van der Waals surface area (Å²) in [6, 6.07) is 3.53. The summed E-state index contributed by atoms with van der Waals surface area (Å²) in [5, 5.41) is 3.49. The molecule has 19 heavy (non-hydrogen) atoms. The lowest BCUT2D eigenvalue weighted by molar-refractivity contribution is -0.126. The molecule has 1 saturated carbocycles. The van der Waals surface area contributed by atoms with Crippen LogP contribution in [0.2, 0.25) is 5.02 Å². The summed E-state index contributed by atoms with van der Waals surface area (Å²) in [4.78, 5) is 12.5. The van der Waals surface area contributed by atoms with Crippen molar-refractivity contribution in [2.45, 2.75) is 46.0 Å². The van der Waals surface area contributed by atoms with Crippen LogP contribution in [0.1, 0.15) is 44.6 Å². The lowest BCUT2D eigenvalue weighted by atomic mass is 9.75. The Morgan fingerprint density at radius 3 is 2.58 bits per heavy atom. The zero-order valence-corrected chi connectivity index (χ0v) is 12.3. The van der Waals surface area contributed by atoms with Gasteiger partial charge in [0.15, 0.2) is 0 Å². The van der Waals surface area contributed by atoms with Gasteiger partial charge in [-0.25, -0.2) is 0 Å². The predicted molar refractivity (Wildman–Crippen MR) is 80.4 cm³/mol. The van der Waals surface area contributed by atoms with Crippen molar-refractivity contribution in [2.75, 3.05) is 11.1 Å². The number of nitrogen functional groups attached to an aromatic ring is 1. The van der Waals surface area contributed by atoms with Gasteiger partial charge in [0, 0.05) is 11.1 Å². The molecule has 0 radical (unpaired) electrons. The number of nitrogens with two attached hydrogens (primary N) is 1. The second kappa shape index (κ2) is 5.41. The van der Waals surface area contributed by atoms with Crippen LogP contribution in [0.25, 0.3) is 0 Å². The van der Waals surface area contributed by atoms with E-state index >= 15 is 0 Å². The van der Waals surface area contributed by atoms with Gasteiger partial charge in [-0.15, -0.1) is 0 Å². The topological polar surface area (TPSA) is 55.1 Å². The van der Waals surface area contributed by atoms with Crippen LogP contribution in [0.3, 0.4) is 0 Å². The summed E-state index contributed by atoms with van der Waals surface area (Å²) in [5.74, 6) is 0.0936. The molecule has 0 heterocycles. The molecular formula is C15H21ClN2O.